The highest BCUT2D eigenvalue weighted by atomic mass is 19.1. The van der Waals surface area contributed by atoms with Crippen molar-refractivity contribution in [3.63, 3.8) is 0 Å². The van der Waals surface area contributed by atoms with Gasteiger partial charge >= 0.3 is 5.97 Å². The molecule has 0 fully saturated rings. The lowest BCUT2D eigenvalue weighted by Gasteiger charge is -2.26. The van der Waals surface area contributed by atoms with E-state index in [9.17, 15) is 14.0 Å². The Morgan fingerprint density at radius 1 is 1.33 bits per heavy atom. The lowest BCUT2D eigenvalue weighted by Crippen LogP contribution is -2.47. The molecule has 0 aromatic carbocycles. The molecule has 1 rings (SSSR count). The molecule has 6 heteroatoms. The number of nitrogens with one attached hydrogen (secondary N) is 1. The quantitative estimate of drug-likeness (QED) is 0.684. The van der Waals surface area contributed by atoms with Gasteiger partial charge in [0.25, 0.3) is 5.91 Å². The Labute approximate surface area is 123 Å². The fraction of sp³-hybridized carbons (Fsp3) is 0.533. The molecule has 1 aromatic heterocycles. The van der Waals surface area contributed by atoms with Gasteiger partial charge in [-0.05, 0) is 32.8 Å². The second kappa shape index (κ2) is 6.65. The van der Waals surface area contributed by atoms with E-state index in [4.69, 9.17) is 4.74 Å². The molecule has 0 saturated carbocycles. The number of esters is 1. The highest BCUT2D eigenvalue weighted by Crippen LogP contribution is 2.13. The second-order valence-corrected chi connectivity index (χ2v) is 6.10. The minimum atomic E-state index is -0.798. The summed E-state index contributed by atoms with van der Waals surface area (Å²) in [5, 5.41) is 2.57. The highest BCUT2D eigenvalue weighted by molar-refractivity contribution is 5.96. The Bertz CT molecular complexity index is 524. The van der Waals surface area contributed by atoms with Gasteiger partial charge in [-0.15, -0.1) is 0 Å². The van der Waals surface area contributed by atoms with E-state index in [0.29, 0.717) is 0 Å². The molecule has 1 atom stereocenters. The third-order valence-electron chi connectivity index (χ3n) is 2.60. The Balaban J connectivity index is 2.84. The molecule has 0 spiro atoms. The van der Waals surface area contributed by atoms with Crippen molar-refractivity contribution in [1.82, 2.24) is 10.3 Å². The van der Waals surface area contributed by atoms with Gasteiger partial charge in [-0.3, -0.25) is 4.79 Å². The topological polar surface area (TPSA) is 68.3 Å². The van der Waals surface area contributed by atoms with E-state index in [1.807, 2.05) is 0 Å². The molecule has 0 aliphatic rings. The first-order valence-electron chi connectivity index (χ1n) is 6.75. The van der Waals surface area contributed by atoms with Gasteiger partial charge in [-0.1, -0.05) is 13.8 Å². The van der Waals surface area contributed by atoms with Gasteiger partial charge in [0.05, 0.1) is 0 Å². The maximum atomic E-state index is 13.0. The first-order chi connectivity index (χ1) is 9.60. The van der Waals surface area contributed by atoms with E-state index in [0.717, 1.165) is 6.07 Å². The molecule has 1 aromatic rings. The number of halogens is 1. The Morgan fingerprint density at radius 2 is 1.95 bits per heavy atom. The van der Waals surface area contributed by atoms with Crippen LogP contribution in [0.4, 0.5) is 4.39 Å². The van der Waals surface area contributed by atoms with E-state index in [2.05, 4.69) is 10.3 Å². The number of nitrogens with zero attached hydrogens (tertiary/aromatic N) is 1. The van der Waals surface area contributed by atoms with Crippen LogP contribution in [-0.2, 0) is 9.53 Å². The van der Waals surface area contributed by atoms with Gasteiger partial charge in [0.1, 0.15) is 11.6 Å². The molecule has 1 heterocycles. The van der Waals surface area contributed by atoms with E-state index in [-0.39, 0.29) is 11.5 Å². The van der Waals surface area contributed by atoms with E-state index < -0.39 is 29.5 Å². The third-order valence-corrected chi connectivity index (χ3v) is 2.60. The minimum absolute atomic E-state index is 0.108. The van der Waals surface area contributed by atoms with Crippen molar-refractivity contribution in [3.05, 3.63) is 29.8 Å². The summed E-state index contributed by atoms with van der Waals surface area (Å²) in [6, 6.07) is 1.60. The summed E-state index contributed by atoms with van der Waals surface area (Å²) >= 11 is 0. The summed E-state index contributed by atoms with van der Waals surface area (Å²) in [5.74, 6) is -1.96. The summed E-state index contributed by atoms with van der Waals surface area (Å²) in [4.78, 5) is 27.6. The molecule has 0 radical (unpaired) electrons. The molecule has 0 bridgehead atoms. The van der Waals surface area contributed by atoms with E-state index in [1.54, 1.807) is 34.6 Å². The SMILES string of the molecule is CC(C)[C@@H](NC(=O)c1ccnc(F)c1)C(=O)OC(C)(C)C. The van der Waals surface area contributed by atoms with Crippen LogP contribution in [0.5, 0.6) is 0 Å². The summed E-state index contributed by atoms with van der Waals surface area (Å²) in [6.07, 6.45) is 1.20. The van der Waals surface area contributed by atoms with E-state index >= 15 is 0 Å². The van der Waals surface area contributed by atoms with Crippen LogP contribution in [0.25, 0.3) is 0 Å². The highest BCUT2D eigenvalue weighted by Gasteiger charge is 2.29. The predicted molar refractivity (Wildman–Crippen MR) is 76.1 cm³/mol. The number of carbonyl (C=O) groups is 2. The van der Waals surface area contributed by atoms with E-state index in [1.165, 1.54) is 12.3 Å². The van der Waals surface area contributed by atoms with Gasteiger partial charge in [-0.2, -0.15) is 4.39 Å². The lowest BCUT2D eigenvalue weighted by molar-refractivity contribution is -0.158. The maximum absolute atomic E-state index is 13.0. The molecule has 1 amide bonds. The van der Waals surface area contributed by atoms with Crippen molar-refractivity contribution in [2.75, 3.05) is 0 Å². The minimum Gasteiger partial charge on any atom is -0.458 e. The average molecular weight is 296 g/mol. The number of amides is 1. The van der Waals surface area contributed by atoms with Crippen LogP contribution < -0.4 is 5.32 Å². The fourth-order valence-corrected chi connectivity index (χ4v) is 1.63. The number of pyridine rings is 1. The summed E-state index contributed by atoms with van der Waals surface area (Å²) in [5.41, 5.74) is -0.533. The van der Waals surface area contributed by atoms with Crippen LogP contribution in [0.15, 0.2) is 18.3 Å². The largest absolute Gasteiger partial charge is 0.458 e. The van der Waals surface area contributed by atoms with Crippen LogP contribution in [-0.4, -0.2) is 28.5 Å². The molecule has 0 saturated heterocycles. The summed E-state index contributed by atoms with van der Waals surface area (Å²) in [6.45, 7) is 8.84. The molecular weight excluding hydrogens is 275 g/mol. The van der Waals surface area contributed by atoms with Gasteiger partial charge in [0, 0.05) is 17.8 Å². The van der Waals surface area contributed by atoms with Crippen LogP contribution in [0.1, 0.15) is 45.0 Å². The molecule has 0 aliphatic carbocycles. The van der Waals surface area contributed by atoms with Gasteiger partial charge in [0.15, 0.2) is 0 Å². The number of aromatic nitrogens is 1. The number of rotatable bonds is 4. The maximum Gasteiger partial charge on any atom is 0.329 e. The second-order valence-electron chi connectivity index (χ2n) is 6.10. The number of ether oxygens (including phenoxy) is 1. The Hall–Kier alpha value is -1.98. The summed E-state index contributed by atoms with van der Waals surface area (Å²) in [7, 11) is 0. The molecular formula is C15H21FN2O3. The molecule has 21 heavy (non-hydrogen) atoms. The first-order valence-corrected chi connectivity index (χ1v) is 6.75. The number of carbonyl (C=O) groups excluding carboxylic acids is 2. The normalized spacial score (nSPS) is 12.9. The summed E-state index contributed by atoms with van der Waals surface area (Å²) < 4.78 is 18.3. The number of hydrogen-bond acceptors (Lipinski definition) is 4. The van der Waals surface area contributed by atoms with Crippen LogP contribution in [0, 0.1) is 11.9 Å². The molecule has 116 valence electrons. The fourth-order valence-electron chi connectivity index (χ4n) is 1.63. The van der Waals surface area contributed by atoms with Crippen LogP contribution in [0.3, 0.4) is 0 Å². The zero-order valence-electron chi connectivity index (χ0n) is 12.9. The van der Waals surface area contributed by atoms with Crippen LogP contribution in [0.2, 0.25) is 0 Å². The molecule has 1 N–H and O–H groups in total. The van der Waals surface area contributed by atoms with Crippen molar-refractivity contribution in [1.29, 1.82) is 0 Å². The smallest absolute Gasteiger partial charge is 0.329 e. The van der Waals surface area contributed by atoms with Crippen molar-refractivity contribution in [2.45, 2.75) is 46.3 Å². The van der Waals surface area contributed by atoms with Crippen molar-refractivity contribution in [2.24, 2.45) is 5.92 Å². The Morgan fingerprint density at radius 3 is 2.43 bits per heavy atom. The van der Waals surface area contributed by atoms with Crippen molar-refractivity contribution >= 4 is 11.9 Å². The predicted octanol–water partition coefficient (Wildman–Crippen LogP) is 2.32. The Kier molecular flexibility index (Phi) is 5.41. The van der Waals surface area contributed by atoms with Crippen LogP contribution >= 0.6 is 0 Å². The third kappa shape index (κ3) is 5.49. The average Bonchev–Trinajstić information content (AvgIpc) is 2.32. The molecule has 0 unspecified atom stereocenters. The standard InChI is InChI=1S/C15H21FN2O3/c1-9(2)12(14(20)21-15(3,4)5)18-13(19)10-6-7-17-11(16)8-10/h6-9,12H,1-5H3,(H,18,19)/t12-/m1/s1. The molecule has 0 aliphatic heterocycles. The zero-order chi connectivity index (χ0) is 16.2. The molecule has 5 nitrogen and oxygen atoms in total. The zero-order valence-corrected chi connectivity index (χ0v) is 12.9. The lowest BCUT2D eigenvalue weighted by atomic mass is 10.0. The van der Waals surface area contributed by atoms with Crippen molar-refractivity contribution < 1.29 is 18.7 Å². The van der Waals surface area contributed by atoms with Crippen molar-refractivity contribution in [3.8, 4) is 0 Å². The first kappa shape index (κ1) is 17.1. The van der Waals surface area contributed by atoms with Gasteiger partial charge < -0.3 is 10.1 Å². The van der Waals surface area contributed by atoms with Gasteiger partial charge in [0.2, 0.25) is 5.95 Å². The van der Waals surface area contributed by atoms with Gasteiger partial charge in [-0.25, -0.2) is 9.78 Å². The monoisotopic (exact) mass is 296 g/mol. The number of hydrogen-bond donors (Lipinski definition) is 1.